The van der Waals surface area contributed by atoms with Gasteiger partial charge in [-0.1, -0.05) is 12.2 Å². The summed E-state index contributed by atoms with van der Waals surface area (Å²) in [5.41, 5.74) is 3.68. The zero-order chi connectivity index (χ0) is 18.4. The van der Waals surface area contributed by atoms with Gasteiger partial charge in [-0.05, 0) is 25.7 Å². The van der Waals surface area contributed by atoms with Gasteiger partial charge in [-0.2, -0.15) is 10.2 Å². The summed E-state index contributed by atoms with van der Waals surface area (Å²) in [4.78, 5) is 9.37. The molecule has 0 bridgehead atoms. The molecule has 0 saturated heterocycles. The Morgan fingerprint density at radius 3 is 2.74 bits per heavy atom. The first-order valence-electron chi connectivity index (χ1n) is 9.23. The molecule has 0 aliphatic heterocycles. The van der Waals surface area contributed by atoms with Crippen LogP contribution in [0.15, 0.2) is 55.4 Å². The van der Waals surface area contributed by atoms with Crippen LogP contribution in [0, 0.1) is 5.92 Å². The Kier molecular flexibility index (Phi) is 3.67. The molecule has 1 aliphatic rings. The number of rotatable bonds is 5. The van der Waals surface area contributed by atoms with Crippen LogP contribution in [-0.4, -0.2) is 33.9 Å². The summed E-state index contributed by atoms with van der Waals surface area (Å²) in [5, 5.41) is 8.91. The number of allylic oxidation sites excluding steroid dienone is 2. The molecule has 1 fully saturated rings. The molecule has 0 N–H and O–H groups in total. The number of hydrogen-bond donors (Lipinski definition) is 0. The highest BCUT2D eigenvalue weighted by Gasteiger charge is 2.31. The van der Waals surface area contributed by atoms with Crippen molar-refractivity contribution in [2.75, 3.05) is 0 Å². The van der Waals surface area contributed by atoms with E-state index in [1.54, 1.807) is 10.9 Å². The van der Waals surface area contributed by atoms with Crippen LogP contribution in [0.2, 0.25) is 0 Å². The van der Waals surface area contributed by atoms with Crippen molar-refractivity contribution in [3.63, 3.8) is 0 Å². The average molecular weight is 359 g/mol. The molecule has 7 nitrogen and oxygen atoms in total. The Bertz CT molecular complexity index is 1130. The van der Waals surface area contributed by atoms with E-state index in [1.165, 1.54) is 12.8 Å². The summed E-state index contributed by atoms with van der Waals surface area (Å²) < 4.78 is 5.85. The smallest absolute Gasteiger partial charge is 0.149 e. The third kappa shape index (κ3) is 2.85. The molecule has 5 rings (SSSR count). The van der Waals surface area contributed by atoms with Crippen LogP contribution in [0.3, 0.4) is 0 Å². The molecule has 1 atom stereocenters. The van der Waals surface area contributed by atoms with Gasteiger partial charge >= 0.3 is 0 Å². The van der Waals surface area contributed by atoms with Crippen LogP contribution in [0.1, 0.15) is 25.8 Å². The molecule has 136 valence electrons. The lowest BCUT2D eigenvalue weighted by Gasteiger charge is -2.12. The molecule has 0 aromatic carbocycles. The fourth-order valence-corrected chi connectivity index (χ4v) is 3.54. The van der Waals surface area contributed by atoms with E-state index in [-0.39, 0.29) is 0 Å². The first kappa shape index (κ1) is 16.0. The Balaban J connectivity index is 1.61. The second-order valence-electron chi connectivity index (χ2n) is 7.09. The minimum atomic E-state index is 0.323. The number of hydrogen-bond acceptors (Lipinski definition) is 4. The molecule has 0 unspecified atom stereocenters. The summed E-state index contributed by atoms with van der Waals surface area (Å²) in [6.07, 6.45) is 18.4. The average Bonchev–Trinajstić information content (AvgIpc) is 3.07. The van der Waals surface area contributed by atoms with Gasteiger partial charge in [0.05, 0.1) is 29.7 Å². The van der Waals surface area contributed by atoms with Crippen molar-refractivity contribution in [2.45, 2.75) is 25.8 Å². The number of aromatic nitrogens is 7. The van der Waals surface area contributed by atoms with Gasteiger partial charge in [0.1, 0.15) is 11.5 Å². The third-order valence-corrected chi connectivity index (χ3v) is 5.05. The van der Waals surface area contributed by atoms with Crippen molar-refractivity contribution in [1.82, 2.24) is 33.9 Å². The summed E-state index contributed by atoms with van der Waals surface area (Å²) >= 11 is 0. The van der Waals surface area contributed by atoms with Crippen molar-refractivity contribution in [1.29, 1.82) is 0 Å². The molecule has 7 heteroatoms. The van der Waals surface area contributed by atoms with Crippen LogP contribution < -0.4 is 0 Å². The van der Waals surface area contributed by atoms with E-state index < -0.39 is 0 Å². The number of imidazole rings is 1. The van der Waals surface area contributed by atoms with Gasteiger partial charge < -0.3 is 0 Å². The van der Waals surface area contributed by atoms with E-state index in [2.05, 4.69) is 45.1 Å². The molecule has 1 saturated carbocycles. The lowest BCUT2D eigenvalue weighted by Crippen LogP contribution is -2.08. The maximum absolute atomic E-state index is 4.90. The van der Waals surface area contributed by atoms with Crippen LogP contribution >= 0.6 is 0 Å². The van der Waals surface area contributed by atoms with Gasteiger partial charge in [-0.15, -0.1) is 0 Å². The standard InChI is InChI=1S/C20H21N7/c1-3-4-18(14-5-6-14)27-13-16(11-23-27)20-24-17(15-10-22-25(2)12-15)9-19-21-7-8-26(19)20/h3-4,7-14,18H,5-6H2,1-2H3/b4-3+/t18-/m0/s1. The monoisotopic (exact) mass is 359 g/mol. The van der Waals surface area contributed by atoms with Crippen molar-refractivity contribution in [3.05, 3.63) is 55.4 Å². The van der Waals surface area contributed by atoms with Gasteiger partial charge in [0.15, 0.2) is 0 Å². The van der Waals surface area contributed by atoms with Gasteiger partial charge in [0.25, 0.3) is 0 Å². The van der Waals surface area contributed by atoms with Crippen LogP contribution in [0.5, 0.6) is 0 Å². The van der Waals surface area contributed by atoms with E-state index >= 15 is 0 Å². The van der Waals surface area contributed by atoms with Crippen molar-refractivity contribution in [2.24, 2.45) is 13.0 Å². The summed E-state index contributed by atoms with van der Waals surface area (Å²) in [6.45, 7) is 2.06. The minimum Gasteiger partial charge on any atom is -0.284 e. The Labute approximate surface area is 157 Å². The summed E-state index contributed by atoms with van der Waals surface area (Å²) in [6, 6.07) is 2.31. The van der Waals surface area contributed by atoms with E-state index in [1.807, 2.05) is 42.3 Å². The molecule has 4 heterocycles. The van der Waals surface area contributed by atoms with Gasteiger partial charge in [-0.25, -0.2) is 9.97 Å². The normalized spacial score (nSPS) is 15.8. The molecule has 0 spiro atoms. The number of fused-ring (bicyclic) bond motifs is 1. The van der Waals surface area contributed by atoms with Crippen LogP contribution in [0.25, 0.3) is 28.3 Å². The van der Waals surface area contributed by atoms with E-state index in [0.29, 0.717) is 12.0 Å². The molecule has 27 heavy (non-hydrogen) atoms. The highest BCUT2D eigenvalue weighted by atomic mass is 15.3. The van der Waals surface area contributed by atoms with Crippen molar-refractivity contribution < 1.29 is 0 Å². The van der Waals surface area contributed by atoms with Gasteiger partial charge in [-0.3, -0.25) is 13.8 Å². The minimum absolute atomic E-state index is 0.323. The molecule has 1 aliphatic carbocycles. The predicted molar refractivity (Wildman–Crippen MR) is 103 cm³/mol. The maximum atomic E-state index is 4.90. The van der Waals surface area contributed by atoms with E-state index in [9.17, 15) is 0 Å². The Morgan fingerprint density at radius 1 is 1.15 bits per heavy atom. The van der Waals surface area contributed by atoms with Gasteiger partial charge in [0.2, 0.25) is 0 Å². The van der Waals surface area contributed by atoms with E-state index in [4.69, 9.17) is 4.98 Å². The Morgan fingerprint density at radius 2 is 2.00 bits per heavy atom. The topological polar surface area (TPSA) is 65.8 Å². The molecule has 4 aromatic heterocycles. The van der Waals surface area contributed by atoms with Gasteiger partial charge in [0, 0.05) is 43.5 Å². The second kappa shape index (κ2) is 6.19. The molecule has 4 aromatic rings. The first-order valence-corrected chi connectivity index (χ1v) is 9.23. The SMILES string of the molecule is C/C=C/[C@@H](C1CC1)n1cc(-c2nc(-c3cnn(C)c3)cc3nccn23)cn1. The molecular formula is C20H21N7. The lowest BCUT2D eigenvalue weighted by atomic mass is 10.2. The highest BCUT2D eigenvalue weighted by molar-refractivity contribution is 5.68. The van der Waals surface area contributed by atoms with Crippen molar-refractivity contribution in [3.8, 4) is 22.6 Å². The number of nitrogens with zero attached hydrogens (tertiary/aromatic N) is 7. The summed E-state index contributed by atoms with van der Waals surface area (Å²) in [7, 11) is 1.90. The molecular weight excluding hydrogens is 338 g/mol. The maximum Gasteiger partial charge on any atom is 0.149 e. The first-order chi connectivity index (χ1) is 13.2. The zero-order valence-corrected chi connectivity index (χ0v) is 15.4. The summed E-state index contributed by atoms with van der Waals surface area (Å²) in [5.74, 6) is 1.53. The Hall–Kier alpha value is -3.22. The predicted octanol–water partition coefficient (Wildman–Crippen LogP) is 3.52. The van der Waals surface area contributed by atoms with Crippen molar-refractivity contribution >= 4 is 5.65 Å². The molecule has 0 amide bonds. The largest absolute Gasteiger partial charge is 0.284 e. The zero-order valence-electron chi connectivity index (χ0n) is 15.4. The quantitative estimate of drug-likeness (QED) is 0.511. The fourth-order valence-electron chi connectivity index (χ4n) is 3.54. The van der Waals surface area contributed by atoms with E-state index in [0.717, 1.165) is 28.3 Å². The third-order valence-electron chi connectivity index (χ3n) is 5.05. The molecule has 0 radical (unpaired) electrons. The van der Waals surface area contributed by atoms with Crippen LogP contribution in [0.4, 0.5) is 0 Å². The highest BCUT2D eigenvalue weighted by Crippen LogP contribution is 2.40. The lowest BCUT2D eigenvalue weighted by molar-refractivity contribution is 0.485. The van der Waals surface area contributed by atoms with Crippen LogP contribution in [-0.2, 0) is 7.05 Å². The number of aryl methyl sites for hydroxylation is 1. The second-order valence-corrected chi connectivity index (χ2v) is 7.09. The fraction of sp³-hybridized carbons (Fsp3) is 0.300.